The number of hydrogen-bond donors (Lipinski definition) is 1. The molecule has 1 unspecified atom stereocenters. The highest BCUT2D eigenvalue weighted by molar-refractivity contribution is 8.15. The lowest BCUT2D eigenvalue weighted by Gasteiger charge is -2.13. The summed E-state index contributed by atoms with van der Waals surface area (Å²) in [5.41, 5.74) is 1.01. The minimum absolute atomic E-state index is 0.00480. The normalized spacial score (nSPS) is 20.9. The molecule has 130 valence electrons. The Morgan fingerprint density at radius 3 is 2.81 bits per heavy atom. The Hall–Kier alpha value is -3.05. The Bertz CT molecular complexity index is 972. The Kier molecular flexibility index (Phi) is 4.01. The molecule has 6 nitrogen and oxygen atoms in total. The molecule has 2 aromatic carbocycles. The predicted octanol–water partition coefficient (Wildman–Crippen LogP) is 3.32. The van der Waals surface area contributed by atoms with Crippen molar-refractivity contribution in [3.05, 3.63) is 53.3 Å². The molecule has 1 saturated heterocycles. The van der Waals surface area contributed by atoms with Gasteiger partial charge in [-0.2, -0.15) is 5.26 Å². The Labute approximate surface area is 151 Å². The van der Waals surface area contributed by atoms with Gasteiger partial charge in [-0.3, -0.25) is 14.9 Å². The molecule has 26 heavy (non-hydrogen) atoms. The van der Waals surface area contributed by atoms with Crippen LogP contribution >= 0.6 is 11.8 Å². The van der Waals surface area contributed by atoms with E-state index in [0.29, 0.717) is 11.5 Å². The van der Waals surface area contributed by atoms with Gasteiger partial charge in [0.2, 0.25) is 5.91 Å². The Morgan fingerprint density at radius 2 is 2.12 bits per heavy atom. The van der Waals surface area contributed by atoms with E-state index in [-0.39, 0.29) is 35.0 Å². The van der Waals surface area contributed by atoms with Gasteiger partial charge in [-0.05, 0) is 24.3 Å². The molecule has 0 saturated carbocycles. The first kappa shape index (κ1) is 16.4. The number of nitriles is 1. The second-order valence-corrected chi connectivity index (χ2v) is 6.91. The van der Waals surface area contributed by atoms with Crippen LogP contribution in [-0.4, -0.2) is 23.0 Å². The van der Waals surface area contributed by atoms with Crippen LogP contribution in [0.25, 0.3) is 0 Å². The number of hydrogen-bond acceptors (Lipinski definition) is 6. The summed E-state index contributed by atoms with van der Waals surface area (Å²) in [4.78, 5) is 23.3. The van der Waals surface area contributed by atoms with Gasteiger partial charge in [-0.1, -0.05) is 17.8 Å². The number of nitrogens with one attached hydrogen (secondary N) is 1. The number of ether oxygens (including phenoxy) is 2. The summed E-state index contributed by atoms with van der Waals surface area (Å²) in [5.74, 6) is -0.291. The second kappa shape index (κ2) is 6.35. The van der Waals surface area contributed by atoms with Crippen molar-refractivity contribution in [2.45, 2.75) is 11.2 Å². The van der Waals surface area contributed by atoms with Crippen molar-refractivity contribution in [3.63, 3.8) is 0 Å². The fraction of sp³-hybridized carbons (Fsp3) is 0.167. The van der Waals surface area contributed by atoms with Crippen LogP contribution in [0.3, 0.4) is 0 Å². The molecule has 0 radical (unpaired) electrons. The first-order chi connectivity index (χ1) is 12.5. The van der Waals surface area contributed by atoms with Crippen LogP contribution in [0.15, 0.2) is 36.4 Å². The van der Waals surface area contributed by atoms with Crippen molar-refractivity contribution in [3.8, 4) is 23.3 Å². The van der Waals surface area contributed by atoms with Gasteiger partial charge in [0.1, 0.15) is 16.7 Å². The van der Waals surface area contributed by atoms with Crippen molar-refractivity contribution < 1.29 is 23.5 Å². The number of benzene rings is 2. The van der Waals surface area contributed by atoms with Crippen LogP contribution in [0.5, 0.6) is 17.2 Å². The predicted molar refractivity (Wildman–Crippen MR) is 90.8 cm³/mol. The molecule has 4 rings (SSSR count). The van der Waals surface area contributed by atoms with E-state index in [1.807, 2.05) is 6.07 Å². The number of nitrogens with zero attached hydrogens (tertiary/aromatic N) is 1. The van der Waals surface area contributed by atoms with E-state index in [0.717, 1.165) is 23.4 Å². The molecule has 0 spiro atoms. The largest absolute Gasteiger partial charge is 0.492 e. The fourth-order valence-corrected chi connectivity index (χ4v) is 3.89. The summed E-state index contributed by atoms with van der Waals surface area (Å²) in [6.45, 7) is 0.280. The van der Waals surface area contributed by atoms with E-state index < -0.39 is 11.1 Å². The summed E-state index contributed by atoms with van der Waals surface area (Å²) >= 11 is 0.960. The first-order valence-corrected chi connectivity index (χ1v) is 8.59. The lowest BCUT2D eigenvalue weighted by molar-refractivity contribution is -0.119. The fourth-order valence-electron chi connectivity index (χ4n) is 2.94. The molecule has 8 heteroatoms. The van der Waals surface area contributed by atoms with Crippen LogP contribution in [0.4, 0.5) is 9.18 Å². The van der Waals surface area contributed by atoms with E-state index in [2.05, 4.69) is 5.32 Å². The van der Waals surface area contributed by atoms with Gasteiger partial charge in [0.05, 0.1) is 18.2 Å². The van der Waals surface area contributed by atoms with Gasteiger partial charge in [-0.15, -0.1) is 0 Å². The number of thioether (sulfide) groups is 1. The van der Waals surface area contributed by atoms with Gasteiger partial charge in [-0.25, -0.2) is 4.39 Å². The van der Waals surface area contributed by atoms with Gasteiger partial charge in [0, 0.05) is 17.5 Å². The van der Waals surface area contributed by atoms with Gasteiger partial charge >= 0.3 is 0 Å². The standard InChI is InChI=1S/C18H11FN2O4S/c19-13-5-9(7-20)1-4-14(13)25-10-2-3-11-12(8-24-15(11)6-10)16-17(22)21-18(23)26-16/h1-6,12,16H,8H2,(H,21,22,23)/t12-,16?/m1/s1. The zero-order valence-corrected chi connectivity index (χ0v) is 14.0. The molecular weight excluding hydrogens is 359 g/mol. The number of carbonyl (C=O) groups excluding carboxylic acids is 2. The third-order valence-corrected chi connectivity index (χ3v) is 5.29. The summed E-state index contributed by atoms with van der Waals surface area (Å²) < 4.78 is 25.1. The number of rotatable bonds is 3. The van der Waals surface area contributed by atoms with Crippen LogP contribution in [0.2, 0.25) is 0 Å². The Balaban J connectivity index is 1.56. The quantitative estimate of drug-likeness (QED) is 0.892. The van der Waals surface area contributed by atoms with Crippen molar-refractivity contribution in [1.29, 1.82) is 5.26 Å². The summed E-state index contributed by atoms with van der Waals surface area (Å²) in [7, 11) is 0. The van der Waals surface area contributed by atoms with Crippen molar-refractivity contribution in [2.75, 3.05) is 6.61 Å². The molecule has 2 atom stereocenters. The third-order valence-electron chi connectivity index (χ3n) is 4.17. The van der Waals surface area contributed by atoms with Crippen molar-refractivity contribution in [1.82, 2.24) is 5.32 Å². The number of carbonyl (C=O) groups is 2. The summed E-state index contributed by atoms with van der Waals surface area (Å²) in [5, 5.41) is 10.2. The lowest BCUT2D eigenvalue weighted by Crippen LogP contribution is -2.29. The highest BCUT2D eigenvalue weighted by Crippen LogP contribution is 2.43. The zero-order chi connectivity index (χ0) is 18.3. The molecule has 1 N–H and O–H groups in total. The van der Waals surface area contributed by atoms with E-state index in [9.17, 15) is 14.0 Å². The van der Waals surface area contributed by atoms with E-state index in [1.165, 1.54) is 12.1 Å². The van der Waals surface area contributed by atoms with Crippen molar-refractivity contribution in [2.24, 2.45) is 0 Å². The molecule has 0 bridgehead atoms. The molecule has 2 heterocycles. The molecule has 2 aliphatic heterocycles. The summed E-state index contributed by atoms with van der Waals surface area (Å²) in [6.07, 6.45) is 0. The van der Waals surface area contributed by atoms with E-state index in [4.69, 9.17) is 14.7 Å². The molecular formula is C18H11FN2O4S. The maximum absolute atomic E-state index is 14.0. The smallest absolute Gasteiger partial charge is 0.286 e. The third kappa shape index (κ3) is 2.86. The topological polar surface area (TPSA) is 88.4 Å². The zero-order valence-electron chi connectivity index (χ0n) is 13.2. The number of fused-ring (bicyclic) bond motifs is 1. The Morgan fingerprint density at radius 1 is 1.27 bits per heavy atom. The van der Waals surface area contributed by atoms with Gasteiger partial charge in [0.15, 0.2) is 11.6 Å². The molecule has 0 aromatic heterocycles. The average Bonchev–Trinajstić information content (AvgIpc) is 3.18. The maximum Gasteiger partial charge on any atom is 0.286 e. The van der Waals surface area contributed by atoms with Crippen LogP contribution in [0, 0.1) is 17.1 Å². The van der Waals surface area contributed by atoms with Gasteiger partial charge in [0.25, 0.3) is 5.24 Å². The highest BCUT2D eigenvalue weighted by atomic mass is 32.2. The molecule has 2 aliphatic rings. The number of amides is 2. The maximum atomic E-state index is 14.0. The van der Waals surface area contributed by atoms with E-state index >= 15 is 0 Å². The number of imide groups is 1. The van der Waals surface area contributed by atoms with Gasteiger partial charge < -0.3 is 9.47 Å². The molecule has 2 aromatic rings. The minimum Gasteiger partial charge on any atom is -0.492 e. The average molecular weight is 370 g/mol. The molecule has 0 aliphatic carbocycles. The monoisotopic (exact) mass is 370 g/mol. The van der Waals surface area contributed by atoms with E-state index in [1.54, 1.807) is 18.2 Å². The van der Waals surface area contributed by atoms with Crippen LogP contribution in [-0.2, 0) is 4.79 Å². The first-order valence-electron chi connectivity index (χ1n) is 7.71. The lowest BCUT2D eigenvalue weighted by atomic mass is 9.97. The second-order valence-electron chi connectivity index (χ2n) is 5.79. The minimum atomic E-state index is -0.638. The highest BCUT2D eigenvalue weighted by Gasteiger charge is 2.42. The molecule has 2 amide bonds. The van der Waals surface area contributed by atoms with Crippen LogP contribution < -0.4 is 14.8 Å². The SMILES string of the molecule is N#Cc1ccc(Oc2ccc3c(c2)OC[C@H]3C2SC(=O)NC2=O)c(F)c1. The van der Waals surface area contributed by atoms with Crippen molar-refractivity contribution >= 4 is 22.9 Å². The van der Waals surface area contributed by atoms with Crippen LogP contribution in [0.1, 0.15) is 17.0 Å². The number of halogens is 1. The summed E-state index contributed by atoms with van der Waals surface area (Å²) in [6, 6.07) is 10.8. The molecule has 1 fully saturated rings.